The Balaban J connectivity index is 2.05. The minimum Gasteiger partial charge on any atom is -0.493 e. The molecular formula is C21H19ClN2O5. The van der Waals surface area contributed by atoms with Gasteiger partial charge in [-0.15, -0.1) is 0 Å². The van der Waals surface area contributed by atoms with Gasteiger partial charge in [0.2, 0.25) is 0 Å². The third kappa shape index (κ3) is 4.09. The SMILES string of the molecule is CCOc1cc(/C=C2\C(=O)NC(=O)N(c3ccc(C)cc3)C2=O)c(Cl)cc1OC. The molecule has 7 nitrogen and oxygen atoms in total. The molecule has 0 atom stereocenters. The quantitative estimate of drug-likeness (QED) is 0.595. The van der Waals surface area contributed by atoms with Crippen molar-refractivity contribution in [3.8, 4) is 11.5 Å². The Morgan fingerprint density at radius 2 is 1.79 bits per heavy atom. The molecule has 1 aliphatic heterocycles. The molecule has 0 bridgehead atoms. The van der Waals surface area contributed by atoms with E-state index in [9.17, 15) is 14.4 Å². The fraction of sp³-hybridized carbons (Fsp3) is 0.190. The minimum absolute atomic E-state index is 0.223. The number of carbonyl (C=O) groups excluding carboxylic acids is 3. The number of amides is 4. The van der Waals surface area contributed by atoms with Gasteiger partial charge in [-0.2, -0.15) is 0 Å². The number of nitrogens with zero attached hydrogens (tertiary/aromatic N) is 1. The molecule has 0 saturated carbocycles. The number of barbiturate groups is 1. The highest BCUT2D eigenvalue weighted by molar-refractivity contribution is 6.40. The average Bonchev–Trinajstić information content (AvgIpc) is 2.68. The largest absolute Gasteiger partial charge is 0.493 e. The van der Waals surface area contributed by atoms with E-state index in [1.165, 1.54) is 19.3 Å². The second-order valence-electron chi connectivity index (χ2n) is 6.25. The molecule has 3 rings (SSSR count). The summed E-state index contributed by atoms with van der Waals surface area (Å²) in [7, 11) is 1.48. The first-order valence-electron chi connectivity index (χ1n) is 8.84. The lowest BCUT2D eigenvalue weighted by atomic mass is 10.1. The number of halogens is 1. The highest BCUT2D eigenvalue weighted by atomic mass is 35.5. The molecule has 0 aliphatic carbocycles. The van der Waals surface area contributed by atoms with Crippen LogP contribution in [0.5, 0.6) is 11.5 Å². The summed E-state index contributed by atoms with van der Waals surface area (Å²) in [6.45, 7) is 4.09. The molecule has 0 radical (unpaired) electrons. The van der Waals surface area contributed by atoms with Gasteiger partial charge in [0.15, 0.2) is 11.5 Å². The van der Waals surface area contributed by atoms with Gasteiger partial charge < -0.3 is 9.47 Å². The Morgan fingerprint density at radius 3 is 2.41 bits per heavy atom. The Labute approximate surface area is 172 Å². The van der Waals surface area contributed by atoms with E-state index in [-0.39, 0.29) is 10.6 Å². The van der Waals surface area contributed by atoms with E-state index in [1.807, 2.05) is 13.8 Å². The van der Waals surface area contributed by atoms with Crippen LogP contribution in [0, 0.1) is 6.92 Å². The molecule has 1 N–H and O–H groups in total. The number of urea groups is 1. The van der Waals surface area contributed by atoms with Crippen LogP contribution in [0.2, 0.25) is 5.02 Å². The molecule has 2 aromatic carbocycles. The number of imide groups is 2. The number of ether oxygens (including phenoxy) is 2. The van der Waals surface area contributed by atoms with Crippen molar-refractivity contribution in [3.63, 3.8) is 0 Å². The van der Waals surface area contributed by atoms with Gasteiger partial charge in [-0.25, -0.2) is 9.69 Å². The molecule has 29 heavy (non-hydrogen) atoms. The summed E-state index contributed by atoms with van der Waals surface area (Å²) in [6, 6.07) is 9.10. The molecular weight excluding hydrogens is 396 g/mol. The number of anilines is 1. The van der Waals surface area contributed by atoms with Crippen LogP contribution in [0.4, 0.5) is 10.5 Å². The first-order valence-corrected chi connectivity index (χ1v) is 9.22. The zero-order valence-corrected chi connectivity index (χ0v) is 16.9. The highest BCUT2D eigenvalue weighted by Gasteiger charge is 2.37. The number of nitrogens with one attached hydrogen (secondary N) is 1. The summed E-state index contributed by atoms with van der Waals surface area (Å²) < 4.78 is 10.8. The van der Waals surface area contributed by atoms with Gasteiger partial charge >= 0.3 is 6.03 Å². The molecule has 1 heterocycles. The van der Waals surface area contributed by atoms with Gasteiger partial charge in [0.05, 0.1) is 24.4 Å². The van der Waals surface area contributed by atoms with Gasteiger partial charge in [0, 0.05) is 6.07 Å². The van der Waals surface area contributed by atoms with Crippen molar-refractivity contribution in [1.82, 2.24) is 5.32 Å². The smallest absolute Gasteiger partial charge is 0.335 e. The van der Waals surface area contributed by atoms with Gasteiger partial charge in [-0.05, 0) is 43.7 Å². The van der Waals surface area contributed by atoms with Crippen molar-refractivity contribution >= 4 is 41.2 Å². The number of benzene rings is 2. The fourth-order valence-corrected chi connectivity index (χ4v) is 3.04. The van der Waals surface area contributed by atoms with Crippen molar-refractivity contribution in [3.05, 3.63) is 58.1 Å². The first kappa shape index (κ1) is 20.4. The molecule has 0 aromatic heterocycles. The summed E-state index contributed by atoms with van der Waals surface area (Å²) >= 11 is 6.29. The van der Waals surface area contributed by atoms with Crippen molar-refractivity contribution in [2.45, 2.75) is 13.8 Å². The number of rotatable bonds is 5. The van der Waals surface area contributed by atoms with Crippen molar-refractivity contribution in [2.24, 2.45) is 0 Å². The Kier molecular flexibility index (Phi) is 5.89. The predicted molar refractivity (Wildman–Crippen MR) is 109 cm³/mol. The van der Waals surface area contributed by atoms with Crippen LogP contribution in [0.25, 0.3) is 6.08 Å². The van der Waals surface area contributed by atoms with E-state index in [0.29, 0.717) is 29.4 Å². The van der Waals surface area contributed by atoms with Crippen molar-refractivity contribution in [2.75, 3.05) is 18.6 Å². The fourth-order valence-electron chi connectivity index (χ4n) is 2.83. The molecule has 4 amide bonds. The first-order chi connectivity index (χ1) is 13.8. The zero-order chi connectivity index (χ0) is 21.1. The van der Waals surface area contributed by atoms with E-state index in [2.05, 4.69) is 5.32 Å². The average molecular weight is 415 g/mol. The highest BCUT2D eigenvalue weighted by Crippen LogP contribution is 2.35. The number of hydrogen-bond acceptors (Lipinski definition) is 5. The summed E-state index contributed by atoms with van der Waals surface area (Å²) in [6.07, 6.45) is 1.33. The molecule has 8 heteroatoms. The van der Waals surface area contributed by atoms with E-state index >= 15 is 0 Å². The lowest BCUT2D eigenvalue weighted by Gasteiger charge is -2.26. The molecule has 1 aliphatic rings. The number of methoxy groups -OCH3 is 1. The maximum absolute atomic E-state index is 13.0. The second-order valence-corrected chi connectivity index (χ2v) is 6.66. The maximum Gasteiger partial charge on any atom is 0.335 e. The second kappa shape index (κ2) is 8.36. The van der Waals surface area contributed by atoms with E-state index in [0.717, 1.165) is 10.5 Å². The van der Waals surface area contributed by atoms with Gasteiger partial charge in [-0.1, -0.05) is 29.3 Å². The third-order valence-electron chi connectivity index (χ3n) is 4.28. The number of aryl methyl sites for hydroxylation is 1. The summed E-state index contributed by atoms with van der Waals surface area (Å²) in [5.41, 5.74) is 1.48. The van der Waals surface area contributed by atoms with Crippen molar-refractivity contribution < 1.29 is 23.9 Å². The monoisotopic (exact) mass is 414 g/mol. The predicted octanol–water partition coefficient (Wildman–Crippen LogP) is 3.72. The third-order valence-corrected chi connectivity index (χ3v) is 4.60. The van der Waals surface area contributed by atoms with Crippen LogP contribution < -0.4 is 19.7 Å². The maximum atomic E-state index is 13.0. The van der Waals surface area contributed by atoms with E-state index in [4.69, 9.17) is 21.1 Å². The lowest BCUT2D eigenvalue weighted by molar-refractivity contribution is -0.122. The Bertz CT molecular complexity index is 1010. The Morgan fingerprint density at radius 1 is 1.10 bits per heavy atom. The van der Waals surface area contributed by atoms with Crippen LogP contribution in [-0.4, -0.2) is 31.6 Å². The molecule has 0 spiro atoms. The van der Waals surface area contributed by atoms with Gasteiger partial charge in [0.25, 0.3) is 11.8 Å². The topological polar surface area (TPSA) is 84.9 Å². The number of carbonyl (C=O) groups is 3. The summed E-state index contributed by atoms with van der Waals surface area (Å²) in [5, 5.41) is 2.45. The molecule has 2 aromatic rings. The lowest BCUT2D eigenvalue weighted by Crippen LogP contribution is -2.54. The van der Waals surface area contributed by atoms with Gasteiger partial charge in [0.1, 0.15) is 5.57 Å². The molecule has 150 valence electrons. The summed E-state index contributed by atoms with van der Waals surface area (Å²) in [4.78, 5) is 38.5. The van der Waals surface area contributed by atoms with Crippen LogP contribution in [0.3, 0.4) is 0 Å². The Hall–Kier alpha value is -3.32. The van der Waals surface area contributed by atoms with Crippen molar-refractivity contribution in [1.29, 1.82) is 0 Å². The zero-order valence-electron chi connectivity index (χ0n) is 16.1. The van der Waals surface area contributed by atoms with Crippen LogP contribution in [0.15, 0.2) is 42.0 Å². The van der Waals surface area contributed by atoms with E-state index in [1.54, 1.807) is 30.3 Å². The molecule has 0 unspecified atom stereocenters. The number of hydrogen-bond donors (Lipinski definition) is 1. The standard InChI is InChI=1S/C21H19ClN2O5/c1-4-29-18-10-13(16(22)11-17(18)28-3)9-15-19(25)23-21(27)24(20(15)26)14-7-5-12(2)6-8-14/h5-11H,4H2,1-3H3,(H,23,25,27)/b15-9+. The molecule has 1 saturated heterocycles. The van der Waals surface area contributed by atoms with Crippen LogP contribution >= 0.6 is 11.6 Å². The summed E-state index contributed by atoms with van der Waals surface area (Å²) in [5.74, 6) is -0.697. The molecule has 1 fully saturated rings. The van der Waals surface area contributed by atoms with Crippen LogP contribution in [-0.2, 0) is 9.59 Å². The minimum atomic E-state index is -0.808. The van der Waals surface area contributed by atoms with E-state index < -0.39 is 17.8 Å². The normalized spacial score (nSPS) is 15.5. The van der Waals surface area contributed by atoms with Crippen LogP contribution in [0.1, 0.15) is 18.1 Å². The van der Waals surface area contributed by atoms with Gasteiger partial charge in [-0.3, -0.25) is 14.9 Å².